The molecule has 1 fully saturated rings. The predicted octanol–water partition coefficient (Wildman–Crippen LogP) is 1.20. The minimum absolute atomic E-state index is 0.148. The van der Waals surface area contributed by atoms with E-state index in [4.69, 9.17) is 0 Å². The fourth-order valence-electron chi connectivity index (χ4n) is 2.06. The number of hydrogen-bond donors (Lipinski definition) is 2. The number of rotatable bonds is 3. The van der Waals surface area contributed by atoms with Gasteiger partial charge in [0, 0.05) is 13.1 Å². The van der Waals surface area contributed by atoms with Crippen molar-refractivity contribution in [2.75, 3.05) is 38.0 Å². The number of nitrogens with zero attached hydrogens (tertiary/aromatic N) is 1. The minimum atomic E-state index is -0.758. The number of nitrogens with one attached hydrogen (secondary N) is 2. The smallest absolute Gasteiger partial charge is 0.238 e. The standard InChI is InChI=1S/C13H17F2N3O/c14-10-3-1-4-11(15)13(10)17-12(19)9-18-7-2-5-16-6-8-18/h1,3-4,16H,2,5-9H2,(H,17,19). The molecule has 0 aliphatic carbocycles. The zero-order valence-corrected chi connectivity index (χ0v) is 10.6. The molecule has 1 aromatic rings. The van der Waals surface area contributed by atoms with Crippen molar-refractivity contribution in [3.63, 3.8) is 0 Å². The molecule has 0 spiro atoms. The van der Waals surface area contributed by atoms with Crippen LogP contribution < -0.4 is 10.6 Å². The summed E-state index contributed by atoms with van der Waals surface area (Å²) in [6.07, 6.45) is 0.960. The molecule has 0 aromatic heterocycles. The molecule has 19 heavy (non-hydrogen) atoms. The van der Waals surface area contributed by atoms with Gasteiger partial charge in [-0.25, -0.2) is 8.78 Å². The second-order valence-electron chi connectivity index (χ2n) is 4.52. The number of carbonyl (C=O) groups is 1. The van der Waals surface area contributed by atoms with Gasteiger partial charge in [0.25, 0.3) is 0 Å². The first-order valence-electron chi connectivity index (χ1n) is 6.34. The van der Waals surface area contributed by atoms with Crippen LogP contribution in [0.2, 0.25) is 0 Å². The highest BCUT2D eigenvalue weighted by atomic mass is 19.1. The van der Waals surface area contributed by atoms with Gasteiger partial charge in [-0.3, -0.25) is 9.69 Å². The van der Waals surface area contributed by atoms with E-state index in [2.05, 4.69) is 10.6 Å². The van der Waals surface area contributed by atoms with Gasteiger partial charge < -0.3 is 10.6 Å². The van der Waals surface area contributed by atoms with Crippen molar-refractivity contribution in [2.24, 2.45) is 0 Å². The van der Waals surface area contributed by atoms with Crippen LogP contribution in [0.4, 0.5) is 14.5 Å². The first-order valence-corrected chi connectivity index (χ1v) is 6.34. The summed E-state index contributed by atoms with van der Waals surface area (Å²) in [4.78, 5) is 13.8. The maximum Gasteiger partial charge on any atom is 0.238 e. The molecule has 0 radical (unpaired) electrons. The van der Waals surface area contributed by atoms with Crippen molar-refractivity contribution in [3.05, 3.63) is 29.8 Å². The van der Waals surface area contributed by atoms with E-state index in [9.17, 15) is 13.6 Å². The summed E-state index contributed by atoms with van der Waals surface area (Å²) in [7, 11) is 0. The Hall–Kier alpha value is -1.53. The molecule has 1 aliphatic rings. The van der Waals surface area contributed by atoms with E-state index in [0.29, 0.717) is 0 Å². The number of halogens is 2. The van der Waals surface area contributed by atoms with Crippen molar-refractivity contribution in [2.45, 2.75) is 6.42 Å². The van der Waals surface area contributed by atoms with Gasteiger partial charge in [0.1, 0.15) is 17.3 Å². The zero-order chi connectivity index (χ0) is 13.7. The normalized spacial score (nSPS) is 16.9. The Labute approximate surface area is 110 Å². The summed E-state index contributed by atoms with van der Waals surface area (Å²) in [6, 6.07) is 3.50. The average Bonchev–Trinajstić information content (AvgIpc) is 2.63. The zero-order valence-electron chi connectivity index (χ0n) is 10.6. The molecule has 0 unspecified atom stereocenters. The molecule has 0 atom stereocenters. The lowest BCUT2D eigenvalue weighted by Crippen LogP contribution is -2.36. The van der Waals surface area contributed by atoms with Crippen LogP contribution in [-0.4, -0.2) is 43.5 Å². The summed E-state index contributed by atoms with van der Waals surface area (Å²) in [6.45, 7) is 3.46. The van der Waals surface area contributed by atoms with E-state index in [-0.39, 0.29) is 12.2 Å². The molecule has 2 N–H and O–H groups in total. The summed E-state index contributed by atoms with van der Waals surface area (Å²) >= 11 is 0. The van der Waals surface area contributed by atoms with Gasteiger partial charge in [-0.15, -0.1) is 0 Å². The van der Waals surface area contributed by atoms with E-state index < -0.39 is 17.5 Å². The number of para-hydroxylation sites is 1. The molecule has 1 amide bonds. The highest BCUT2D eigenvalue weighted by Crippen LogP contribution is 2.17. The van der Waals surface area contributed by atoms with Gasteiger partial charge in [-0.05, 0) is 31.6 Å². The van der Waals surface area contributed by atoms with Crippen LogP contribution in [0.15, 0.2) is 18.2 Å². The Bertz CT molecular complexity index is 425. The van der Waals surface area contributed by atoms with E-state index in [1.54, 1.807) is 0 Å². The Balaban J connectivity index is 1.93. The number of carbonyl (C=O) groups excluding carboxylic acids is 1. The fourth-order valence-corrected chi connectivity index (χ4v) is 2.06. The largest absolute Gasteiger partial charge is 0.320 e. The van der Waals surface area contributed by atoms with Crippen molar-refractivity contribution >= 4 is 11.6 Å². The highest BCUT2D eigenvalue weighted by Gasteiger charge is 2.15. The summed E-state index contributed by atoms with van der Waals surface area (Å²) in [5.74, 6) is -1.91. The lowest BCUT2D eigenvalue weighted by atomic mass is 10.3. The lowest BCUT2D eigenvalue weighted by molar-refractivity contribution is -0.117. The second kappa shape index (κ2) is 6.58. The number of hydrogen-bond acceptors (Lipinski definition) is 3. The van der Waals surface area contributed by atoms with Crippen LogP contribution in [-0.2, 0) is 4.79 Å². The number of benzene rings is 1. The van der Waals surface area contributed by atoms with Crippen LogP contribution in [0.1, 0.15) is 6.42 Å². The summed E-state index contributed by atoms with van der Waals surface area (Å²) in [5.41, 5.74) is -0.375. The molecule has 6 heteroatoms. The third-order valence-electron chi connectivity index (χ3n) is 3.03. The molecule has 1 saturated heterocycles. The molecule has 2 rings (SSSR count). The first-order chi connectivity index (χ1) is 9.16. The number of anilines is 1. The van der Waals surface area contributed by atoms with E-state index in [0.717, 1.165) is 44.7 Å². The van der Waals surface area contributed by atoms with Crippen LogP contribution >= 0.6 is 0 Å². The molecule has 1 aromatic carbocycles. The van der Waals surface area contributed by atoms with Crippen molar-refractivity contribution in [1.29, 1.82) is 0 Å². The Kier molecular flexibility index (Phi) is 4.81. The van der Waals surface area contributed by atoms with Gasteiger partial charge >= 0.3 is 0 Å². The van der Waals surface area contributed by atoms with Gasteiger partial charge in [-0.2, -0.15) is 0 Å². The number of amides is 1. The maximum atomic E-state index is 13.4. The molecule has 1 aliphatic heterocycles. The van der Waals surface area contributed by atoms with Gasteiger partial charge in [-0.1, -0.05) is 6.07 Å². The van der Waals surface area contributed by atoms with Crippen LogP contribution in [0.25, 0.3) is 0 Å². The Morgan fingerprint density at radius 3 is 2.74 bits per heavy atom. The molecule has 104 valence electrons. The summed E-state index contributed by atoms with van der Waals surface area (Å²) < 4.78 is 26.8. The Morgan fingerprint density at radius 2 is 2.00 bits per heavy atom. The lowest BCUT2D eigenvalue weighted by Gasteiger charge is -2.18. The highest BCUT2D eigenvalue weighted by molar-refractivity contribution is 5.92. The monoisotopic (exact) mass is 269 g/mol. The molecular weight excluding hydrogens is 252 g/mol. The van der Waals surface area contributed by atoms with Crippen LogP contribution in [0.5, 0.6) is 0 Å². The molecule has 0 bridgehead atoms. The van der Waals surface area contributed by atoms with Gasteiger partial charge in [0.15, 0.2) is 0 Å². The van der Waals surface area contributed by atoms with Crippen molar-refractivity contribution < 1.29 is 13.6 Å². The fraction of sp³-hybridized carbons (Fsp3) is 0.462. The van der Waals surface area contributed by atoms with Gasteiger partial charge in [0.2, 0.25) is 5.91 Å². The topological polar surface area (TPSA) is 44.4 Å². The maximum absolute atomic E-state index is 13.4. The average molecular weight is 269 g/mol. The molecule has 0 saturated carbocycles. The Morgan fingerprint density at radius 1 is 1.26 bits per heavy atom. The third kappa shape index (κ3) is 3.97. The van der Waals surface area contributed by atoms with E-state index in [1.807, 2.05) is 4.90 Å². The van der Waals surface area contributed by atoms with E-state index >= 15 is 0 Å². The SMILES string of the molecule is O=C(CN1CCCNCC1)Nc1c(F)cccc1F. The summed E-state index contributed by atoms with van der Waals surface area (Å²) in [5, 5.41) is 5.52. The molecule has 1 heterocycles. The second-order valence-corrected chi connectivity index (χ2v) is 4.52. The molecule has 4 nitrogen and oxygen atoms in total. The predicted molar refractivity (Wildman–Crippen MR) is 68.9 cm³/mol. The quantitative estimate of drug-likeness (QED) is 0.866. The molecular formula is C13H17F2N3O. The van der Waals surface area contributed by atoms with Crippen LogP contribution in [0, 0.1) is 11.6 Å². The van der Waals surface area contributed by atoms with E-state index in [1.165, 1.54) is 6.07 Å². The first kappa shape index (κ1) is 13.9. The third-order valence-corrected chi connectivity index (χ3v) is 3.03. The minimum Gasteiger partial charge on any atom is -0.320 e. The van der Waals surface area contributed by atoms with Gasteiger partial charge in [0.05, 0.1) is 6.54 Å². The van der Waals surface area contributed by atoms with Crippen molar-refractivity contribution in [1.82, 2.24) is 10.2 Å². The van der Waals surface area contributed by atoms with Crippen molar-refractivity contribution in [3.8, 4) is 0 Å². The van der Waals surface area contributed by atoms with Crippen LogP contribution in [0.3, 0.4) is 0 Å².